The third kappa shape index (κ3) is 4.37. The molecule has 0 radical (unpaired) electrons. The molecule has 2 aliphatic carbocycles. The summed E-state index contributed by atoms with van der Waals surface area (Å²) in [6, 6.07) is 17.1. The molecule has 1 aromatic rings. The summed E-state index contributed by atoms with van der Waals surface area (Å²) in [7, 11) is -2.46. The van der Waals surface area contributed by atoms with Gasteiger partial charge in [-0.05, 0) is 23.3 Å². The van der Waals surface area contributed by atoms with E-state index in [9.17, 15) is 4.57 Å². The van der Waals surface area contributed by atoms with Gasteiger partial charge in [0.05, 0.1) is 0 Å². The summed E-state index contributed by atoms with van der Waals surface area (Å²) in [5, 5.41) is 0.516. The summed E-state index contributed by atoms with van der Waals surface area (Å²) >= 11 is -0.750. The van der Waals surface area contributed by atoms with Gasteiger partial charge >= 0.3 is 11.6 Å². The summed E-state index contributed by atoms with van der Waals surface area (Å²) in [4.78, 5) is 8.57. The molecule has 0 aromatic heterocycles. The first kappa shape index (κ1) is 14.5. The van der Waals surface area contributed by atoms with Crippen LogP contribution in [0.3, 0.4) is 0 Å². The van der Waals surface area contributed by atoms with Crippen molar-refractivity contribution in [1.29, 1.82) is 0 Å². The summed E-state index contributed by atoms with van der Waals surface area (Å²) < 4.78 is 27.0. The molecule has 0 fully saturated rings. The first-order chi connectivity index (χ1) is 8.69. The lowest BCUT2D eigenvalue weighted by atomic mass is 9.95. The van der Waals surface area contributed by atoms with Crippen LogP contribution in [0.25, 0.3) is 11.1 Å². The van der Waals surface area contributed by atoms with Crippen LogP contribution in [0.1, 0.15) is 0 Å². The minimum atomic E-state index is -2.46. The fraction of sp³-hybridized carbons (Fsp3) is 0. The summed E-state index contributed by atoms with van der Waals surface area (Å²) in [5.74, 6) is 0. The fourth-order valence-corrected chi connectivity index (χ4v) is 1.72. The monoisotopic (exact) mass is 282 g/mol. The van der Waals surface area contributed by atoms with Gasteiger partial charge in [-0.25, -0.2) is 0 Å². The van der Waals surface area contributed by atoms with Gasteiger partial charge in [0.15, 0.2) is 0 Å². The largest absolute Gasteiger partial charge is 0.343 e. The number of hydrogen-bond donors (Lipinski definition) is 1. The molecule has 0 heterocycles. The van der Waals surface area contributed by atoms with Crippen molar-refractivity contribution in [1.82, 2.24) is 0 Å². The van der Waals surface area contributed by atoms with Crippen LogP contribution in [0, 0.1) is 0 Å². The smallest absolute Gasteiger partial charge is 0.335 e. The molecule has 1 unspecified atom stereocenters. The second kappa shape index (κ2) is 7.71. The van der Waals surface area contributed by atoms with Crippen LogP contribution in [0.5, 0.6) is 0 Å². The highest BCUT2D eigenvalue weighted by Gasteiger charge is 2.03. The highest BCUT2D eigenvalue weighted by molar-refractivity contribution is 7.51. The predicted octanol–water partition coefficient (Wildman–Crippen LogP) is 1.78. The van der Waals surface area contributed by atoms with E-state index in [2.05, 4.69) is 24.3 Å². The molecular weight excluding hydrogens is 271 g/mol. The second-order valence-electron chi connectivity index (χ2n) is 3.32. The van der Waals surface area contributed by atoms with Crippen LogP contribution in [-0.2, 0) is 16.1 Å². The van der Waals surface area contributed by atoms with Crippen molar-refractivity contribution in [3.63, 3.8) is 0 Å². The highest BCUT2D eigenvalue weighted by Crippen LogP contribution is 2.29. The highest BCUT2D eigenvalue weighted by atomic mass is 32.1. The van der Waals surface area contributed by atoms with Crippen LogP contribution >= 0.6 is 8.03 Å². The lowest BCUT2D eigenvalue weighted by molar-refractivity contribution is 0.513. The Bertz CT molecular complexity index is 527. The summed E-state index contributed by atoms with van der Waals surface area (Å²) in [6.45, 7) is 0. The lowest BCUT2D eigenvalue weighted by Gasteiger charge is -2.10. The fourth-order valence-electron chi connectivity index (χ4n) is 1.24. The Morgan fingerprint density at radius 2 is 1.22 bits per heavy atom. The zero-order valence-electron chi connectivity index (χ0n) is 9.28. The van der Waals surface area contributed by atoms with E-state index in [0.29, 0.717) is 5.30 Å². The zero-order chi connectivity index (χ0) is 13.4. The first-order valence-electron chi connectivity index (χ1n) is 4.99. The SMILES string of the molecule is O=S=O.O=[PH](O)c1ccccc1.c1cc2ccc1-2. The van der Waals surface area contributed by atoms with Crippen molar-refractivity contribution < 1.29 is 17.9 Å². The van der Waals surface area contributed by atoms with E-state index < -0.39 is 19.6 Å². The Morgan fingerprint density at radius 1 is 0.833 bits per heavy atom. The molecule has 0 saturated carbocycles. The van der Waals surface area contributed by atoms with Gasteiger partial charge in [0, 0.05) is 5.30 Å². The Morgan fingerprint density at radius 3 is 1.39 bits per heavy atom. The first-order valence-corrected chi connectivity index (χ1v) is 7.02. The maximum atomic E-state index is 10.4. The molecule has 2 aliphatic rings. The number of rotatable bonds is 1. The average Bonchev–Trinajstić information content (AvgIpc) is 2.36. The minimum Gasteiger partial charge on any atom is -0.343 e. The maximum absolute atomic E-state index is 10.4. The minimum absolute atomic E-state index is 0.516. The van der Waals surface area contributed by atoms with Crippen LogP contribution in [0.4, 0.5) is 0 Å². The number of hydrogen-bond acceptors (Lipinski definition) is 3. The molecule has 1 N–H and O–H groups in total. The van der Waals surface area contributed by atoms with Gasteiger partial charge in [-0.2, -0.15) is 8.42 Å². The molecule has 18 heavy (non-hydrogen) atoms. The predicted molar refractivity (Wildman–Crippen MR) is 71.7 cm³/mol. The van der Waals surface area contributed by atoms with E-state index in [4.69, 9.17) is 13.3 Å². The molecule has 0 aliphatic heterocycles. The molecule has 6 heteroatoms. The second-order valence-corrected chi connectivity index (χ2v) is 4.64. The average molecular weight is 282 g/mol. The van der Waals surface area contributed by atoms with Gasteiger partial charge in [0.2, 0.25) is 8.03 Å². The van der Waals surface area contributed by atoms with Gasteiger partial charge in [-0.15, -0.1) is 0 Å². The third-order valence-corrected chi connectivity index (χ3v) is 3.07. The molecule has 1 aromatic carbocycles. The molecule has 3 rings (SSSR count). The summed E-state index contributed by atoms with van der Waals surface area (Å²) in [6.07, 6.45) is 0. The van der Waals surface area contributed by atoms with E-state index in [1.165, 1.54) is 11.1 Å². The molecule has 0 amide bonds. The van der Waals surface area contributed by atoms with Crippen molar-refractivity contribution >= 4 is 24.9 Å². The molecule has 94 valence electrons. The molecule has 1 atom stereocenters. The van der Waals surface area contributed by atoms with Gasteiger partial charge < -0.3 is 4.89 Å². The van der Waals surface area contributed by atoms with Crippen molar-refractivity contribution in [2.24, 2.45) is 0 Å². The van der Waals surface area contributed by atoms with Gasteiger partial charge in [-0.1, -0.05) is 42.5 Å². The third-order valence-electron chi connectivity index (χ3n) is 2.24. The normalized spacial score (nSPS) is 10.9. The number of benzene rings is 2. The Labute approximate surface area is 109 Å². The molecular formula is C12H11O4PS. The molecule has 0 spiro atoms. The van der Waals surface area contributed by atoms with E-state index in [-0.39, 0.29) is 0 Å². The van der Waals surface area contributed by atoms with Gasteiger partial charge in [0.25, 0.3) is 0 Å². The van der Waals surface area contributed by atoms with E-state index in [0.717, 1.165) is 0 Å². The van der Waals surface area contributed by atoms with Crippen molar-refractivity contribution in [2.75, 3.05) is 0 Å². The Hall–Kier alpha value is -1.55. The summed E-state index contributed by atoms with van der Waals surface area (Å²) in [5.41, 5.74) is 2.85. The topological polar surface area (TPSA) is 71.4 Å². The Kier molecular flexibility index (Phi) is 6.22. The van der Waals surface area contributed by atoms with Crippen LogP contribution in [0.15, 0.2) is 54.6 Å². The zero-order valence-corrected chi connectivity index (χ0v) is 11.1. The number of fused-ring (bicyclic) bond motifs is 1. The molecule has 0 bridgehead atoms. The van der Waals surface area contributed by atoms with Gasteiger partial charge in [0.1, 0.15) is 0 Å². The lowest BCUT2D eigenvalue weighted by Crippen LogP contribution is -1.91. The quantitative estimate of drug-likeness (QED) is 0.690. The van der Waals surface area contributed by atoms with Gasteiger partial charge in [-0.3, -0.25) is 4.57 Å². The van der Waals surface area contributed by atoms with E-state index in [1.807, 2.05) is 6.07 Å². The standard InChI is InChI=1S/C6H7O2P.C6H4.O2S/c7-9(8)6-4-2-1-3-5-6;1-2-6-4-3-5(1)6;1-3-2/h1-5,9H,(H,7,8);1-4H;. The van der Waals surface area contributed by atoms with Crippen LogP contribution < -0.4 is 5.30 Å². The van der Waals surface area contributed by atoms with E-state index in [1.54, 1.807) is 24.3 Å². The maximum Gasteiger partial charge on any atom is 0.335 e. The van der Waals surface area contributed by atoms with Crippen molar-refractivity contribution in [3.8, 4) is 11.1 Å². The van der Waals surface area contributed by atoms with E-state index >= 15 is 0 Å². The van der Waals surface area contributed by atoms with Crippen molar-refractivity contribution in [2.45, 2.75) is 0 Å². The molecule has 0 saturated heterocycles. The van der Waals surface area contributed by atoms with Crippen LogP contribution in [-0.4, -0.2) is 13.3 Å². The Balaban J connectivity index is 0.000000154. The van der Waals surface area contributed by atoms with Crippen LogP contribution in [0.2, 0.25) is 0 Å². The van der Waals surface area contributed by atoms with Crippen molar-refractivity contribution in [3.05, 3.63) is 54.6 Å². The molecule has 4 nitrogen and oxygen atoms in total.